The first-order chi connectivity index (χ1) is 9.70. The Hall–Kier alpha value is -1.55. The van der Waals surface area contributed by atoms with Crippen LogP contribution in [0.2, 0.25) is 0 Å². The Morgan fingerprint density at radius 1 is 1.40 bits per heavy atom. The molecule has 1 amide bonds. The molecule has 1 aromatic rings. The number of ether oxygens (including phenoxy) is 1. The maximum atomic E-state index is 12.0. The van der Waals surface area contributed by atoms with E-state index in [1.165, 1.54) is 0 Å². The van der Waals surface area contributed by atoms with Gasteiger partial charge >= 0.3 is 0 Å². The van der Waals surface area contributed by atoms with E-state index in [0.717, 1.165) is 30.6 Å². The molecular formula is C16H24N2O2. The topological polar surface area (TPSA) is 64.3 Å². The Kier molecular flexibility index (Phi) is 5.41. The number of hydrogen-bond acceptors (Lipinski definition) is 3. The molecule has 2 rings (SSSR count). The highest BCUT2D eigenvalue weighted by Crippen LogP contribution is 2.26. The molecule has 1 aliphatic rings. The van der Waals surface area contributed by atoms with Gasteiger partial charge in [0.25, 0.3) is 0 Å². The molecule has 0 aliphatic heterocycles. The summed E-state index contributed by atoms with van der Waals surface area (Å²) in [6, 6.07) is 7.99. The van der Waals surface area contributed by atoms with Crippen LogP contribution in [0.15, 0.2) is 24.3 Å². The number of nitrogens with one attached hydrogen (secondary N) is 1. The second kappa shape index (κ2) is 7.29. The van der Waals surface area contributed by atoms with Crippen molar-refractivity contribution in [2.24, 2.45) is 11.7 Å². The zero-order valence-corrected chi connectivity index (χ0v) is 12.1. The van der Waals surface area contributed by atoms with E-state index < -0.39 is 0 Å². The summed E-state index contributed by atoms with van der Waals surface area (Å²) in [6.45, 7) is 3.09. The maximum absolute atomic E-state index is 12.0. The molecule has 1 fully saturated rings. The van der Waals surface area contributed by atoms with E-state index in [1.54, 1.807) is 0 Å². The van der Waals surface area contributed by atoms with Crippen molar-refractivity contribution < 1.29 is 9.53 Å². The van der Waals surface area contributed by atoms with Crippen LogP contribution in [0.1, 0.15) is 38.2 Å². The van der Waals surface area contributed by atoms with Gasteiger partial charge < -0.3 is 15.8 Å². The fraction of sp³-hybridized carbons (Fsp3) is 0.562. The number of carbonyl (C=O) groups excluding carboxylic acids is 1. The highest BCUT2D eigenvalue weighted by Gasteiger charge is 2.25. The Bertz CT molecular complexity index is 448. The van der Waals surface area contributed by atoms with Gasteiger partial charge in [-0.3, -0.25) is 4.79 Å². The van der Waals surface area contributed by atoms with E-state index in [-0.39, 0.29) is 11.9 Å². The molecule has 0 heterocycles. The third-order valence-corrected chi connectivity index (χ3v) is 3.91. The SMILES string of the molecule is CCOc1ccccc1CNC(=O)C[C@@H]1CCC[C@H]1N. The third-order valence-electron chi connectivity index (χ3n) is 3.91. The van der Waals surface area contributed by atoms with Crippen molar-refractivity contribution in [2.75, 3.05) is 6.61 Å². The Morgan fingerprint density at radius 3 is 2.90 bits per heavy atom. The Morgan fingerprint density at radius 2 is 2.20 bits per heavy atom. The summed E-state index contributed by atoms with van der Waals surface area (Å²) in [5, 5.41) is 2.97. The molecule has 0 unspecified atom stereocenters. The molecule has 1 aromatic carbocycles. The zero-order chi connectivity index (χ0) is 14.4. The van der Waals surface area contributed by atoms with Gasteiger partial charge in [0.2, 0.25) is 5.91 Å². The number of nitrogens with two attached hydrogens (primary N) is 1. The lowest BCUT2D eigenvalue weighted by molar-refractivity contribution is -0.122. The molecule has 0 bridgehead atoms. The van der Waals surface area contributed by atoms with E-state index in [9.17, 15) is 4.79 Å². The molecule has 0 saturated heterocycles. The molecule has 1 saturated carbocycles. The number of benzene rings is 1. The Balaban J connectivity index is 1.84. The van der Waals surface area contributed by atoms with Crippen molar-refractivity contribution in [2.45, 2.75) is 45.2 Å². The van der Waals surface area contributed by atoms with Gasteiger partial charge in [0.1, 0.15) is 5.75 Å². The van der Waals surface area contributed by atoms with Crippen LogP contribution >= 0.6 is 0 Å². The average Bonchev–Trinajstić information content (AvgIpc) is 2.84. The second-order valence-corrected chi connectivity index (χ2v) is 5.38. The summed E-state index contributed by atoms with van der Waals surface area (Å²) in [5.74, 6) is 1.27. The number of para-hydroxylation sites is 1. The van der Waals surface area contributed by atoms with Gasteiger partial charge in [-0.25, -0.2) is 0 Å². The molecule has 3 N–H and O–H groups in total. The van der Waals surface area contributed by atoms with Crippen LogP contribution in [0.3, 0.4) is 0 Å². The van der Waals surface area contributed by atoms with Crippen LogP contribution < -0.4 is 15.8 Å². The molecule has 4 heteroatoms. The standard InChI is InChI=1S/C16H24N2O2/c1-2-20-15-9-4-3-6-13(15)11-18-16(19)10-12-7-5-8-14(12)17/h3-4,6,9,12,14H,2,5,7-8,10-11,17H2,1H3,(H,18,19)/t12-,14+/m0/s1. The lowest BCUT2D eigenvalue weighted by atomic mass is 10.00. The van der Waals surface area contributed by atoms with Crippen LogP contribution in [0, 0.1) is 5.92 Å². The second-order valence-electron chi connectivity index (χ2n) is 5.38. The van der Waals surface area contributed by atoms with Crippen LogP contribution in [-0.2, 0) is 11.3 Å². The molecular weight excluding hydrogens is 252 g/mol. The monoisotopic (exact) mass is 276 g/mol. The number of hydrogen-bond donors (Lipinski definition) is 2. The highest BCUT2D eigenvalue weighted by molar-refractivity contribution is 5.76. The normalized spacial score (nSPS) is 21.7. The number of amides is 1. The predicted molar refractivity (Wildman–Crippen MR) is 79.4 cm³/mol. The van der Waals surface area contributed by atoms with Crippen molar-refractivity contribution in [1.82, 2.24) is 5.32 Å². The minimum Gasteiger partial charge on any atom is -0.494 e. The highest BCUT2D eigenvalue weighted by atomic mass is 16.5. The van der Waals surface area contributed by atoms with Crippen LogP contribution in [0.4, 0.5) is 0 Å². The zero-order valence-electron chi connectivity index (χ0n) is 12.1. The molecule has 1 aliphatic carbocycles. The predicted octanol–water partition coefficient (Wildman–Crippen LogP) is 2.22. The summed E-state index contributed by atoms with van der Waals surface area (Å²) < 4.78 is 5.55. The first-order valence-electron chi connectivity index (χ1n) is 7.43. The lowest BCUT2D eigenvalue weighted by Gasteiger charge is -2.15. The van der Waals surface area contributed by atoms with Crippen LogP contribution in [0.5, 0.6) is 5.75 Å². The summed E-state index contributed by atoms with van der Waals surface area (Å²) in [7, 11) is 0. The first kappa shape index (κ1) is 14.9. The third kappa shape index (κ3) is 3.97. The quantitative estimate of drug-likeness (QED) is 0.837. The van der Waals surface area contributed by atoms with Gasteiger partial charge in [0.15, 0.2) is 0 Å². The molecule has 0 aromatic heterocycles. The first-order valence-corrected chi connectivity index (χ1v) is 7.43. The minimum atomic E-state index is 0.0821. The molecule has 110 valence electrons. The van der Waals surface area contributed by atoms with E-state index in [4.69, 9.17) is 10.5 Å². The van der Waals surface area contributed by atoms with Gasteiger partial charge in [-0.1, -0.05) is 24.6 Å². The summed E-state index contributed by atoms with van der Waals surface area (Å²) in [4.78, 5) is 12.0. The van der Waals surface area contributed by atoms with Gasteiger partial charge in [0.05, 0.1) is 6.61 Å². The van der Waals surface area contributed by atoms with Crippen molar-refractivity contribution in [3.8, 4) is 5.75 Å². The van der Waals surface area contributed by atoms with Gasteiger partial charge in [-0.15, -0.1) is 0 Å². The molecule has 20 heavy (non-hydrogen) atoms. The smallest absolute Gasteiger partial charge is 0.220 e. The minimum absolute atomic E-state index is 0.0821. The van der Waals surface area contributed by atoms with E-state index in [1.807, 2.05) is 31.2 Å². The fourth-order valence-corrected chi connectivity index (χ4v) is 2.77. The summed E-state index contributed by atoms with van der Waals surface area (Å²) in [5.41, 5.74) is 7.01. The fourth-order valence-electron chi connectivity index (χ4n) is 2.77. The van der Waals surface area contributed by atoms with Crippen molar-refractivity contribution in [3.05, 3.63) is 29.8 Å². The molecule has 0 spiro atoms. The molecule has 2 atom stereocenters. The van der Waals surface area contributed by atoms with Gasteiger partial charge in [-0.2, -0.15) is 0 Å². The maximum Gasteiger partial charge on any atom is 0.220 e. The van der Waals surface area contributed by atoms with Crippen LogP contribution in [-0.4, -0.2) is 18.6 Å². The average molecular weight is 276 g/mol. The van der Waals surface area contributed by atoms with Gasteiger partial charge in [-0.05, 0) is 31.7 Å². The number of rotatable bonds is 6. The molecule has 0 radical (unpaired) electrons. The van der Waals surface area contributed by atoms with Crippen molar-refractivity contribution in [3.63, 3.8) is 0 Å². The summed E-state index contributed by atoms with van der Waals surface area (Å²) >= 11 is 0. The van der Waals surface area contributed by atoms with Crippen LogP contribution in [0.25, 0.3) is 0 Å². The van der Waals surface area contributed by atoms with Gasteiger partial charge in [0, 0.05) is 24.6 Å². The van der Waals surface area contributed by atoms with Crippen molar-refractivity contribution >= 4 is 5.91 Å². The lowest BCUT2D eigenvalue weighted by Crippen LogP contribution is -2.31. The summed E-state index contributed by atoms with van der Waals surface area (Å²) in [6.07, 6.45) is 3.81. The number of carbonyl (C=O) groups is 1. The Labute approximate surface area is 120 Å². The molecule has 4 nitrogen and oxygen atoms in total. The van der Waals surface area contributed by atoms with E-state index in [2.05, 4.69) is 5.32 Å². The largest absolute Gasteiger partial charge is 0.494 e. The van der Waals surface area contributed by atoms with E-state index >= 15 is 0 Å². The van der Waals surface area contributed by atoms with E-state index in [0.29, 0.717) is 25.5 Å². The van der Waals surface area contributed by atoms with Crippen molar-refractivity contribution in [1.29, 1.82) is 0 Å².